The number of primary sulfonamides is 1. The van der Waals surface area contributed by atoms with Crippen molar-refractivity contribution in [2.45, 2.75) is 18.7 Å². The summed E-state index contributed by atoms with van der Waals surface area (Å²) < 4.78 is 22.9. The smallest absolute Gasteiger partial charge is 0.238 e. The second-order valence-corrected chi connectivity index (χ2v) is 7.14. The molecule has 3 rings (SSSR count). The molecule has 3 N–H and O–H groups in total. The van der Waals surface area contributed by atoms with Gasteiger partial charge >= 0.3 is 0 Å². The number of aryl methyl sites for hydroxylation is 2. The van der Waals surface area contributed by atoms with Crippen LogP contribution in [0.2, 0.25) is 0 Å². The largest absolute Gasteiger partial charge is 0.281 e. The summed E-state index contributed by atoms with van der Waals surface area (Å²) in [7, 11) is -3.75. The standard InChI is InChI=1S/C18H16N4O2S/c1-12-10-15(8-9-20-12)18-17(13(2)21-22-18)7-6-14-4-3-5-16(11-14)25(19,23)24/h3-5,8-11H,1-2H3,(H,21,22)(H2,19,23,24). The summed E-state index contributed by atoms with van der Waals surface area (Å²) in [4.78, 5) is 4.22. The van der Waals surface area contributed by atoms with Gasteiger partial charge in [-0.25, -0.2) is 13.6 Å². The Morgan fingerprint density at radius 1 is 1.12 bits per heavy atom. The molecule has 6 nitrogen and oxygen atoms in total. The van der Waals surface area contributed by atoms with Gasteiger partial charge in [-0.3, -0.25) is 10.1 Å². The molecule has 7 heteroatoms. The van der Waals surface area contributed by atoms with E-state index < -0.39 is 10.0 Å². The molecule has 0 aliphatic heterocycles. The molecule has 0 aliphatic carbocycles. The van der Waals surface area contributed by atoms with Crippen molar-refractivity contribution in [1.29, 1.82) is 0 Å². The first-order chi connectivity index (χ1) is 11.8. The van der Waals surface area contributed by atoms with E-state index in [1.54, 1.807) is 18.3 Å². The second kappa shape index (κ2) is 6.51. The Labute approximate surface area is 146 Å². The van der Waals surface area contributed by atoms with Crippen molar-refractivity contribution in [3.8, 4) is 23.1 Å². The Kier molecular flexibility index (Phi) is 4.40. The first kappa shape index (κ1) is 16.9. The van der Waals surface area contributed by atoms with Crippen LogP contribution < -0.4 is 5.14 Å². The molecular formula is C18H16N4O2S. The zero-order valence-electron chi connectivity index (χ0n) is 13.7. The van der Waals surface area contributed by atoms with Crippen molar-refractivity contribution < 1.29 is 8.42 Å². The average Bonchev–Trinajstić information content (AvgIpc) is 2.93. The number of pyridine rings is 1. The molecule has 0 bridgehead atoms. The van der Waals surface area contributed by atoms with Gasteiger partial charge in [-0.05, 0) is 44.2 Å². The van der Waals surface area contributed by atoms with Crippen molar-refractivity contribution in [1.82, 2.24) is 15.2 Å². The van der Waals surface area contributed by atoms with E-state index in [0.29, 0.717) is 5.56 Å². The van der Waals surface area contributed by atoms with Crippen LogP contribution in [0.5, 0.6) is 0 Å². The van der Waals surface area contributed by atoms with Crippen LogP contribution in [-0.2, 0) is 10.0 Å². The summed E-state index contributed by atoms with van der Waals surface area (Å²) in [5, 5.41) is 12.4. The van der Waals surface area contributed by atoms with E-state index in [4.69, 9.17) is 5.14 Å². The molecular weight excluding hydrogens is 336 g/mol. The minimum Gasteiger partial charge on any atom is -0.281 e. The number of nitrogens with two attached hydrogens (primary N) is 1. The number of H-pyrrole nitrogens is 1. The zero-order chi connectivity index (χ0) is 18.0. The Hall–Kier alpha value is -2.95. The molecule has 0 fully saturated rings. The number of nitrogens with one attached hydrogen (secondary N) is 1. The molecule has 3 aromatic rings. The summed E-state index contributed by atoms with van der Waals surface area (Å²) >= 11 is 0. The fourth-order valence-corrected chi connectivity index (χ4v) is 2.93. The lowest BCUT2D eigenvalue weighted by Gasteiger charge is -2.00. The predicted molar refractivity (Wildman–Crippen MR) is 95.1 cm³/mol. The fourth-order valence-electron chi connectivity index (χ4n) is 2.37. The molecule has 0 aliphatic rings. The number of nitrogens with zero attached hydrogens (tertiary/aromatic N) is 2. The second-order valence-electron chi connectivity index (χ2n) is 5.58. The molecule has 0 saturated carbocycles. The molecule has 0 saturated heterocycles. The highest BCUT2D eigenvalue weighted by atomic mass is 32.2. The van der Waals surface area contributed by atoms with Crippen molar-refractivity contribution in [3.63, 3.8) is 0 Å². The Morgan fingerprint density at radius 2 is 1.92 bits per heavy atom. The molecule has 0 spiro atoms. The SMILES string of the molecule is Cc1cc(-c2n[nH]c(C)c2C#Cc2cccc(S(N)(=O)=O)c2)ccn1. The minimum absolute atomic E-state index is 0.0354. The van der Waals surface area contributed by atoms with Crippen LogP contribution in [0.4, 0.5) is 0 Å². The first-order valence-electron chi connectivity index (χ1n) is 7.47. The highest BCUT2D eigenvalue weighted by molar-refractivity contribution is 7.89. The Bertz CT molecular complexity index is 1110. The number of hydrogen-bond acceptors (Lipinski definition) is 4. The lowest BCUT2D eigenvalue weighted by Crippen LogP contribution is -2.11. The van der Waals surface area contributed by atoms with Gasteiger partial charge in [-0.15, -0.1) is 0 Å². The number of aromatic amines is 1. The topological polar surface area (TPSA) is 102 Å². The Morgan fingerprint density at radius 3 is 2.64 bits per heavy atom. The average molecular weight is 352 g/mol. The van der Waals surface area contributed by atoms with E-state index >= 15 is 0 Å². The summed E-state index contributed by atoms with van der Waals surface area (Å²) in [6.45, 7) is 3.79. The molecule has 0 radical (unpaired) electrons. The van der Waals surface area contributed by atoms with Crippen molar-refractivity contribution in [3.05, 3.63) is 65.1 Å². The molecule has 0 atom stereocenters. The monoisotopic (exact) mass is 352 g/mol. The number of hydrogen-bond donors (Lipinski definition) is 2. The molecule has 2 heterocycles. The quantitative estimate of drug-likeness (QED) is 0.690. The third kappa shape index (κ3) is 3.76. The van der Waals surface area contributed by atoms with Crippen molar-refractivity contribution >= 4 is 10.0 Å². The van der Waals surface area contributed by atoms with Gasteiger partial charge in [-0.2, -0.15) is 5.10 Å². The number of aromatic nitrogens is 3. The third-order valence-corrected chi connectivity index (χ3v) is 4.52. The number of benzene rings is 1. The number of sulfonamides is 1. The van der Waals surface area contributed by atoms with E-state index in [9.17, 15) is 8.42 Å². The summed E-state index contributed by atoms with van der Waals surface area (Å²) in [5.74, 6) is 6.05. The lowest BCUT2D eigenvalue weighted by atomic mass is 10.1. The van der Waals surface area contributed by atoms with E-state index in [-0.39, 0.29) is 4.90 Å². The van der Waals surface area contributed by atoms with Gasteiger partial charge in [0.15, 0.2) is 0 Å². The van der Waals surface area contributed by atoms with Crippen LogP contribution in [0.3, 0.4) is 0 Å². The molecule has 126 valence electrons. The normalized spacial score (nSPS) is 11.0. The highest BCUT2D eigenvalue weighted by Crippen LogP contribution is 2.23. The van der Waals surface area contributed by atoms with Gasteiger partial charge in [0.2, 0.25) is 10.0 Å². The van der Waals surface area contributed by atoms with Crippen LogP contribution in [-0.4, -0.2) is 23.6 Å². The molecule has 25 heavy (non-hydrogen) atoms. The van der Waals surface area contributed by atoms with E-state index in [0.717, 1.165) is 28.2 Å². The van der Waals surface area contributed by atoms with Gasteiger partial charge in [0.1, 0.15) is 5.69 Å². The lowest BCUT2D eigenvalue weighted by molar-refractivity contribution is 0.598. The van der Waals surface area contributed by atoms with E-state index in [2.05, 4.69) is 27.0 Å². The van der Waals surface area contributed by atoms with Gasteiger partial charge < -0.3 is 0 Å². The maximum atomic E-state index is 11.5. The van der Waals surface area contributed by atoms with Gasteiger partial charge in [-0.1, -0.05) is 17.9 Å². The maximum absolute atomic E-state index is 11.5. The van der Waals surface area contributed by atoms with Gasteiger partial charge in [0, 0.05) is 28.7 Å². The van der Waals surface area contributed by atoms with Crippen molar-refractivity contribution in [2.24, 2.45) is 5.14 Å². The zero-order valence-corrected chi connectivity index (χ0v) is 14.6. The molecule has 1 aromatic carbocycles. The molecule has 0 amide bonds. The van der Waals surface area contributed by atoms with Crippen LogP contribution in [0.15, 0.2) is 47.5 Å². The van der Waals surface area contributed by atoms with Crippen LogP contribution in [0, 0.1) is 25.7 Å². The van der Waals surface area contributed by atoms with Crippen LogP contribution in [0.25, 0.3) is 11.3 Å². The predicted octanol–water partition coefficient (Wildman–Crippen LogP) is 2.14. The summed E-state index contributed by atoms with van der Waals surface area (Å²) in [5.41, 5.74) is 4.69. The minimum atomic E-state index is -3.75. The third-order valence-electron chi connectivity index (χ3n) is 3.61. The van der Waals surface area contributed by atoms with Gasteiger partial charge in [0.05, 0.1) is 10.5 Å². The van der Waals surface area contributed by atoms with Gasteiger partial charge in [0.25, 0.3) is 0 Å². The summed E-state index contributed by atoms with van der Waals surface area (Å²) in [6.07, 6.45) is 1.72. The van der Waals surface area contributed by atoms with E-state index in [1.807, 2.05) is 26.0 Å². The fraction of sp³-hybridized carbons (Fsp3) is 0.111. The summed E-state index contributed by atoms with van der Waals surface area (Å²) in [6, 6.07) is 10.0. The van der Waals surface area contributed by atoms with Crippen LogP contribution in [0.1, 0.15) is 22.5 Å². The maximum Gasteiger partial charge on any atom is 0.238 e. The Balaban J connectivity index is 2.04. The highest BCUT2D eigenvalue weighted by Gasteiger charge is 2.11. The van der Waals surface area contributed by atoms with Crippen molar-refractivity contribution in [2.75, 3.05) is 0 Å². The van der Waals surface area contributed by atoms with E-state index in [1.165, 1.54) is 12.1 Å². The molecule has 0 unspecified atom stereocenters. The molecule has 2 aromatic heterocycles. The van der Waals surface area contributed by atoms with Crippen LogP contribution >= 0.6 is 0 Å². The first-order valence-corrected chi connectivity index (χ1v) is 9.02. The number of rotatable bonds is 2.